The molecule has 1 unspecified atom stereocenters. The van der Waals surface area contributed by atoms with E-state index in [9.17, 15) is 9.59 Å². The maximum absolute atomic E-state index is 10.5. The molecule has 0 aliphatic rings. The lowest BCUT2D eigenvalue weighted by Crippen LogP contribution is -2.40. The van der Waals surface area contributed by atoms with Gasteiger partial charge >= 0.3 is 11.9 Å². The first-order chi connectivity index (χ1) is 5.45. The maximum atomic E-state index is 10.5. The molecular weight excluding hydrogens is 160 g/mol. The van der Waals surface area contributed by atoms with Crippen molar-refractivity contribution in [2.75, 3.05) is 20.6 Å². The van der Waals surface area contributed by atoms with Crippen LogP contribution in [0.15, 0.2) is 0 Å². The van der Waals surface area contributed by atoms with Crippen LogP contribution in [0, 0.1) is 0 Å². The summed E-state index contributed by atoms with van der Waals surface area (Å²) in [5, 5.41) is 10.5. The van der Waals surface area contributed by atoms with Crippen LogP contribution in [0.1, 0.15) is 6.92 Å². The van der Waals surface area contributed by atoms with Gasteiger partial charge in [-0.3, -0.25) is 4.79 Å². The van der Waals surface area contributed by atoms with Gasteiger partial charge in [-0.05, 0) is 21.0 Å². The standard InChI is InChI=1S/C7H14N2O3/c1-5(9(2)3)4-8-6(10)7(11)12/h5H,4H2,1-3H3,(H,8,10)(H,11,12). The summed E-state index contributed by atoms with van der Waals surface area (Å²) in [5.41, 5.74) is 0. The molecule has 0 bridgehead atoms. The second kappa shape index (κ2) is 4.71. The third-order valence-electron chi connectivity index (χ3n) is 1.63. The van der Waals surface area contributed by atoms with Gasteiger partial charge in [0.25, 0.3) is 0 Å². The quantitative estimate of drug-likeness (QED) is 0.546. The van der Waals surface area contributed by atoms with Crippen molar-refractivity contribution in [3.05, 3.63) is 0 Å². The Hall–Kier alpha value is -1.10. The molecule has 0 radical (unpaired) electrons. The number of aliphatic carboxylic acids is 1. The molecule has 1 amide bonds. The molecule has 5 nitrogen and oxygen atoms in total. The molecule has 1 atom stereocenters. The topological polar surface area (TPSA) is 69.6 Å². The van der Waals surface area contributed by atoms with Crippen molar-refractivity contribution in [1.29, 1.82) is 0 Å². The Morgan fingerprint density at radius 2 is 2.00 bits per heavy atom. The Morgan fingerprint density at radius 1 is 1.50 bits per heavy atom. The highest BCUT2D eigenvalue weighted by atomic mass is 16.4. The summed E-state index contributed by atoms with van der Waals surface area (Å²) in [6, 6.07) is 0.133. The Bertz CT molecular complexity index is 179. The number of carbonyl (C=O) groups excluding carboxylic acids is 1. The van der Waals surface area contributed by atoms with Crippen LogP contribution in [0.25, 0.3) is 0 Å². The van der Waals surface area contributed by atoms with E-state index in [1.807, 2.05) is 25.9 Å². The number of amides is 1. The summed E-state index contributed by atoms with van der Waals surface area (Å²) in [6.07, 6.45) is 0. The van der Waals surface area contributed by atoms with Crippen LogP contribution in [0.2, 0.25) is 0 Å². The Labute approximate surface area is 71.4 Å². The Kier molecular flexibility index (Phi) is 4.28. The van der Waals surface area contributed by atoms with Gasteiger partial charge in [-0.15, -0.1) is 0 Å². The van der Waals surface area contributed by atoms with Crippen molar-refractivity contribution >= 4 is 11.9 Å². The summed E-state index contributed by atoms with van der Waals surface area (Å²) in [5.74, 6) is -2.40. The zero-order valence-corrected chi connectivity index (χ0v) is 7.50. The van der Waals surface area contributed by atoms with Gasteiger partial charge in [-0.1, -0.05) is 0 Å². The number of hydrogen-bond acceptors (Lipinski definition) is 3. The van der Waals surface area contributed by atoms with Crippen LogP contribution in [-0.2, 0) is 9.59 Å². The van der Waals surface area contributed by atoms with Gasteiger partial charge in [0.15, 0.2) is 0 Å². The van der Waals surface area contributed by atoms with Crippen LogP contribution in [0.4, 0.5) is 0 Å². The predicted molar refractivity (Wildman–Crippen MR) is 43.8 cm³/mol. The van der Waals surface area contributed by atoms with E-state index in [4.69, 9.17) is 5.11 Å². The number of carboxylic acids is 1. The number of nitrogens with zero attached hydrogens (tertiary/aromatic N) is 1. The predicted octanol–water partition coefficient (Wildman–Crippen LogP) is -0.863. The fourth-order valence-electron chi connectivity index (χ4n) is 0.499. The summed E-state index contributed by atoms with van der Waals surface area (Å²) in [6.45, 7) is 2.24. The number of likely N-dealkylation sites (N-methyl/N-ethyl adjacent to an activating group) is 1. The first-order valence-corrected chi connectivity index (χ1v) is 3.62. The molecule has 0 aromatic carbocycles. The smallest absolute Gasteiger partial charge is 0.394 e. The average Bonchev–Trinajstić information content (AvgIpc) is 1.98. The zero-order chi connectivity index (χ0) is 9.72. The molecule has 70 valence electrons. The van der Waals surface area contributed by atoms with E-state index in [2.05, 4.69) is 5.32 Å². The van der Waals surface area contributed by atoms with E-state index in [1.165, 1.54) is 0 Å². The van der Waals surface area contributed by atoms with Crippen molar-refractivity contribution < 1.29 is 14.7 Å². The summed E-state index contributed by atoms with van der Waals surface area (Å²) < 4.78 is 0. The minimum atomic E-state index is -1.44. The molecule has 0 aliphatic carbocycles. The lowest BCUT2D eigenvalue weighted by Gasteiger charge is -2.19. The zero-order valence-electron chi connectivity index (χ0n) is 7.50. The first-order valence-electron chi connectivity index (χ1n) is 3.62. The molecule has 0 aromatic heterocycles. The molecule has 2 N–H and O–H groups in total. The van der Waals surface area contributed by atoms with Gasteiger partial charge in [0.05, 0.1) is 0 Å². The summed E-state index contributed by atoms with van der Waals surface area (Å²) in [4.78, 5) is 22.5. The highest BCUT2D eigenvalue weighted by molar-refractivity contribution is 6.31. The molecule has 0 saturated heterocycles. The van der Waals surface area contributed by atoms with Gasteiger partial charge < -0.3 is 15.3 Å². The van der Waals surface area contributed by atoms with Crippen LogP contribution >= 0.6 is 0 Å². The van der Waals surface area contributed by atoms with Gasteiger partial charge in [0.2, 0.25) is 0 Å². The van der Waals surface area contributed by atoms with Crippen molar-refractivity contribution in [3.63, 3.8) is 0 Å². The average molecular weight is 174 g/mol. The molecule has 0 heterocycles. The minimum absolute atomic E-state index is 0.133. The highest BCUT2D eigenvalue weighted by Gasteiger charge is 2.12. The fraction of sp³-hybridized carbons (Fsp3) is 0.714. The van der Waals surface area contributed by atoms with E-state index in [-0.39, 0.29) is 6.04 Å². The molecule has 0 aliphatic heterocycles. The number of carboxylic acid groups (broad SMARTS) is 1. The van der Waals surface area contributed by atoms with Gasteiger partial charge in [0, 0.05) is 12.6 Å². The molecule has 5 heteroatoms. The van der Waals surface area contributed by atoms with Crippen molar-refractivity contribution in [3.8, 4) is 0 Å². The maximum Gasteiger partial charge on any atom is 0.394 e. The van der Waals surface area contributed by atoms with Crippen LogP contribution in [0.5, 0.6) is 0 Å². The van der Waals surface area contributed by atoms with Crippen molar-refractivity contribution in [1.82, 2.24) is 10.2 Å². The van der Waals surface area contributed by atoms with E-state index >= 15 is 0 Å². The molecule has 0 fully saturated rings. The number of carbonyl (C=O) groups is 2. The fourth-order valence-corrected chi connectivity index (χ4v) is 0.499. The van der Waals surface area contributed by atoms with E-state index in [1.54, 1.807) is 0 Å². The van der Waals surface area contributed by atoms with E-state index in [0.717, 1.165) is 0 Å². The van der Waals surface area contributed by atoms with E-state index in [0.29, 0.717) is 6.54 Å². The third kappa shape index (κ3) is 3.92. The van der Waals surface area contributed by atoms with Gasteiger partial charge in [0.1, 0.15) is 0 Å². The van der Waals surface area contributed by atoms with Gasteiger partial charge in [-0.2, -0.15) is 0 Å². The highest BCUT2D eigenvalue weighted by Crippen LogP contribution is 1.87. The van der Waals surface area contributed by atoms with Crippen molar-refractivity contribution in [2.45, 2.75) is 13.0 Å². The number of rotatable bonds is 3. The summed E-state index contributed by atoms with van der Waals surface area (Å²) in [7, 11) is 3.72. The number of nitrogens with one attached hydrogen (secondary N) is 1. The van der Waals surface area contributed by atoms with Gasteiger partial charge in [-0.25, -0.2) is 4.79 Å². The van der Waals surface area contributed by atoms with Crippen LogP contribution < -0.4 is 5.32 Å². The third-order valence-corrected chi connectivity index (χ3v) is 1.63. The van der Waals surface area contributed by atoms with Crippen molar-refractivity contribution in [2.24, 2.45) is 0 Å². The lowest BCUT2D eigenvalue weighted by atomic mass is 10.3. The molecule has 12 heavy (non-hydrogen) atoms. The Balaban J connectivity index is 3.69. The van der Waals surface area contributed by atoms with Crippen LogP contribution in [0.3, 0.4) is 0 Å². The Morgan fingerprint density at radius 3 is 2.33 bits per heavy atom. The monoisotopic (exact) mass is 174 g/mol. The second-order valence-electron chi connectivity index (χ2n) is 2.83. The second-order valence-corrected chi connectivity index (χ2v) is 2.83. The first kappa shape index (κ1) is 10.9. The molecule has 0 aromatic rings. The normalized spacial score (nSPS) is 12.7. The SMILES string of the molecule is CC(CNC(=O)C(=O)O)N(C)C. The number of hydrogen-bond donors (Lipinski definition) is 2. The molecule has 0 spiro atoms. The largest absolute Gasteiger partial charge is 0.474 e. The molecule has 0 rings (SSSR count). The molecular formula is C7H14N2O3. The van der Waals surface area contributed by atoms with E-state index < -0.39 is 11.9 Å². The summed E-state index contributed by atoms with van der Waals surface area (Å²) >= 11 is 0. The van der Waals surface area contributed by atoms with Crippen LogP contribution in [-0.4, -0.2) is 48.6 Å². The molecule has 0 saturated carbocycles. The minimum Gasteiger partial charge on any atom is -0.474 e. The lowest BCUT2D eigenvalue weighted by molar-refractivity contribution is -0.150.